The molecule has 0 atom stereocenters. The Balaban J connectivity index is 0.978. The molecule has 3 N–H and O–H groups in total. The van der Waals surface area contributed by atoms with Crippen LogP contribution in [0.1, 0.15) is 67.6 Å². The van der Waals surface area contributed by atoms with Crippen LogP contribution in [0.2, 0.25) is 0 Å². The third-order valence-corrected chi connectivity index (χ3v) is 11.2. The molecule has 1 aliphatic heterocycles. The summed E-state index contributed by atoms with van der Waals surface area (Å²) in [6, 6.07) is 10.6. The predicted molar refractivity (Wildman–Crippen MR) is 174 cm³/mol. The van der Waals surface area contributed by atoms with E-state index in [0.717, 1.165) is 80.5 Å². The van der Waals surface area contributed by atoms with Gasteiger partial charge in [-0.3, -0.25) is 4.90 Å². The van der Waals surface area contributed by atoms with Crippen LogP contribution in [0.25, 0.3) is 21.1 Å². The predicted octanol–water partition coefficient (Wildman–Crippen LogP) is 6.29. The van der Waals surface area contributed by atoms with Gasteiger partial charge in [-0.2, -0.15) is 18.4 Å². The van der Waals surface area contributed by atoms with Gasteiger partial charge in [0.15, 0.2) is 0 Å². The van der Waals surface area contributed by atoms with Crippen molar-refractivity contribution in [2.24, 2.45) is 5.41 Å². The minimum Gasteiger partial charge on any atom is -0.389 e. The largest absolute Gasteiger partial charge is 0.393 e. The van der Waals surface area contributed by atoms with E-state index in [0.29, 0.717) is 28.3 Å². The Bertz CT molecular complexity index is 1800. The zero-order chi connectivity index (χ0) is 32.5. The Morgan fingerprint density at radius 2 is 1.85 bits per heavy atom. The zero-order valence-corrected chi connectivity index (χ0v) is 27.3. The van der Waals surface area contributed by atoms with Crippen molar-refractivity contribution in [3.63, 3.8) is 0 Å². The molecule has 0 spiro atoms. The van der Waals surface area contributed by atoms with Crippen molar-refractivity contribution in [2.45, 2.75) is 95.7 Å². The Kier molecular flexibility index (Phi) is 7.63. The number of β-amino-alcohol motifs (C(OH)–C–C–N with tert-alkyl or cyclic N) is 1. The van der Waals surface area contributed by atoms with Crippen molar-refractivity contribution in [1.29, 1.82) is 5.26 Å². The summed E-state index contributed by atoms with van der Waals surface area (Å²) in [5, 5.41) is 29.0. The van der Waals surface area contributed by atoms with E-state index in [9.17, 15) is 23.5 Å². The summed E-state index contributed by atoms with van der Waals surface area (Å²) in [6.07, 6.45) is 1.25. The lowest BCUT2D eigenvalue weighted by Gasteiger charge is -2.71. The van der Waals surface area contributed by atoms with E-state index < -0.39 is 18.2 Å². The highest BCUT2D eigenvalue weighted by atomic mass is 32.1. The average molecular weight is 652 g/mol. The number of aliphatic hydroxyl groups is 1. The van der Waals surface area contributed by atoms with Crippen LogP contribution in [0.5, 0.6) is 0 Å². The van der Waals surface area contributed by atoms with E-state index in [1.807, 2.05) is 19.9 Å². The molecule has 244 valence electrons. The molecule has 2 bridgehead atoms. The van der Waals surface area contributed by atoms with Gasteiger partial charge in [0, 0.05) is 60.1 Å². The maximum absolute atomic E-state index is 12.9. The van der Waals surface area contributed by atoms with Gasteiger partial charge in [0.05, 0.1) is 17.4 Å². The number of benzene rings is 1. The van der Waals surface area contributed by atoms with Crippen LogP contribution in [-0.2, 0) is 19.5 Å². The normalized spacial score (nSPS) is 23.8. The lowest BCUT2D eigenvalue weighted by molar-refractivity contribution is -0.168. The van der Waals surface area contributed by atoms with Gasteiger partial charge < -0.3 is 20.3 Å². The van der Waals surface area contributed by atoms with E-state index >= 15 is 0 Å². The maximum atomic E-state index is 12.9. The van der Waals surface area contributed by atoms with Crippen molar-refractivity contribution < 1.29 is 18.3 Å². The first-order chi connectivity index (χ1) is 21.7. The fraction of sp³-hybridized carbons (Fsp3) is 0.559. The number of thiophene rings is 1. The molecule has 8 nitrogen and oxygen atoms in total. The monoisotopic (exact) mass is 651 g/mol. The van der Waals surface area contributed by atoms with Crippen molar-refractivity contribution in [3.8, 4) is 6.07 Å². The maximum Gasteiger partial charge on any atom is 0.393 e. The van der Waals surface area contributed by atoms with E-state index in [-0.39, 0.29) is 21.9 Å². The van der Waals surface area contributed by atoms with Crippen molar-refractivity contribution in [2.75, 3.05) is 25.0 Å². The van der Waals surface area contributed by atoms with Gasteiger partial charge >= 0.3 is 6.18 Å². The third-order valence-electron chi connectivity index (χ3n) is 10.2. The summed E-state index contributed by atoms with van der Waals surface area (Å²) < 4.78 is 41.0. The number of aromatic nitrogens is 3. The lowest BCUT2D eigenvalue weighted by atomic mass is 9.39. The molecule has 12 heteroatoms. The first-order valence-electron chi connectivity index (χ1n) is 16.0. The second-order valence-electron chi connectivity index (χ2n) is 14.6. The first-order valence-corrected chi connectivity index (χ1v) is 16.8. The van der Waals surface area contributed by atoms with Crippen molar-refractivity contribution >= 4 is 38.3 Å². The average Bonchev–Trinajstić information content (AvgIpc) is 3.51. The highest BCUT2D eigenvalue weighted by Crippen LogP contribution is 2.68. The second-order valence-corrected chi connectivity index (χ2v) is 15.7. The van der Waals surface area contributed by atoms with Crippen LogP contribution in [0.15, 0.2) is 30.6 Å². The third kappa shape index (κ3) is 6.10. The summed E-state index contributed by atoms with van der Waals surface area (Å²) in [6.45, 7) is 9.85. The first kappa shape index (κ1) is 31.4. The molecule has 4 aromatic rings. The van der Waals surface area contributed by atoms with Gasteiger partial charge in [0.1, 0.15) is 28.7 Å². The number of aryl methyl sites for hydroxylation is 1. The van der Waals surface area contributed by atoms with Gasteiger partial charge in [0.2, 0.25) is 0 Å². The molecule has 0 unspecified atom stereocenters. The zero-order valence-electron chi connectivity index (χ0n) is 26.5. The number of alkyl halides is 3. The molecule has 46 heavy (non-hydrogen) atoms. The number of nitrogens with zero attached hydrogens (tertiary/aromatic N) is 5. The highest BCUT2D eigenvalue weighted by Gasteiger charge is 2.67. The molecule has 0 radical (unpaired) electrons. The highest BCUT2D eigenvalue weighted by molar-refractivity contribution is 7.18. The Morgan fingerprint density at radius 1 is 1.11 bits per heavy atom. The number of halogens is 3. The molecule has 3 saturated carbocycles. The Morgan fingerprint density at radius 3 is 2.52 bits per heavy atom. The van der Waals surface area contributed by atoms with Crippen molar-refractivity contribution in [1.82, 2.24) is 24.8 Å². The van der Waals surface area contributed by atoms with Gasteiger partial charge in [-0.15, -0.1) is 11.3 Å². The number of nitrogens with one attached hydrogen (secondary N) is 2. The molecular weight excluding hydrogens is 611 g/mol. The van der Waals surface area contributed by atoms with Crippen LogP contribution in [0, 0.1) is 23.7 Å². The molecule has 3 aliphatic carbocycles. The SMILES string of the molecule is Cc1c(CN2CCC(Nc3ncnc4sc(CC(F)(F)F)cc34)CC2)ccc2c1cc(C#N)n2CC12CC(NCC(C)(C)O)(C1)C2. The number of nitriles is 1. The molecule has 4 heterocycles. The summed E-state index contributed by atoms with van der Waals surface area (Å²) in [5.41, 5.74) is 3.94. The minimum atomic E-state index is -4.25. The van der Waals surface area contributed by atoms with Gasteiger partial charge in [-0.1, -0.05) is 6.07 Å². The van der Waals surface area contributed by atoms with Crippen LogP contribution in [0.4, 0.5) is 19.0 Å². The van der Waals surface area contributed by atoms with Crippen molar-refractivity contribution in [3.05, 3.63) is 52.3 Å². The van der Waals surface area contributed by atoms with Gasteiger partial charge in [-0.25, -0.2) is 9.97 Å². The summed E-state index contributed by atoms with van der Waals surface area (Å²) in [4.78, 5) is 11.8. The van der Waals surface area contributed by atoms with Crippen LogP contribution >= 0.6 is 11.3 Å². The van der Waals surface area contributed by atoms with Gasteiger partial charge in [0.25, 0.3) is 0 Å². The molecule has 3 aromatic heterocycles. The summed E-state index contributed by atoms with van der Waals surface area (Å²) in [5.74, 6) is 0.603. The fourth-order valence-electron chi connectivity index (χ4n) is 8.02. The number of hydrogen-bond donors (Lipinski definition) is 3. The Hall–Kier alpha value is -3.24. The van der Waals surface area contributed by atoms with E-state index in [1.54, 1.807) is 6.07 Å². The number of piperidine rings is 1. The van der Waals surface area contributed by atoms with Crippen LogP contribution in [-0.4, -0.2) is 67.5 Å². The van der Waals surface area contributed by atoms with E-state index in [4.69, 9.17) is 0 Å². The van der Waals surface area contributed by atoms with Crippen LogP contribution < -0.4 is 10.6 Å². The second kappa shape index (κ2) is 11.2. The molecule has 0 amide bonds. The molecule has 1 aromatic carbocycles. The molecule has 1 saturated heterocycles. The standard InChI is InChI=1S/C34H40F3N7OS/c1-21-22(4-5-28-26(21)10-24(13-38)44(28)19-32-15-33(16-32,17-32)41-18-31(2,3)45)14-43-8-6-23(7-9-43)42-29-27-11-25(12-34(35,36)37)46-30(27)40-20-39-29/h4-5,10-11,20,23,41,45H,6-9,12,14-19H2,1-3H3,(H,39,40,42). The number of rotatable bonds is 10. The Labute approximate surface area is 270 Å². The number of anilines is 1. The van der Waals surface area contributed by atoms with E-state index in [1.165, 1.54) is 17.5 Å². The molecule has 4 aliphatic rings. The number of fused-ring (bicyclic) bond motifs is 2. The fourth-order valence-corrected chi connectivity index (χ4v) is 9.05. The summed E-state index contributed by atoms with van der Waals surface area (Å²) >= 11 is 1.07. The molecule has 4 fully saturated rings. The van der Waals surface area contributed by atoms with E-state index in [2.05, 4.69) is 55.2 Å². The minimum absolute atomic E-state index is 0.146. The quantitative estimate of drug-likeness (QED) is 0.185. The van der Waals surface area contributed by atoms with Crippen LogP contribution in [0.3, 0.4) is 0 Å². The number of likely N-dealkylation sites (tertiary alicyclic amines) is 1. The number of hydrogen-bond acceptors (Lipinski definition) is 8. The topological polar surface area (TPSA) is 102 Å². The molecule has 8 rings (SSSR count). The van der Waals surface area contributed by atoms with Gasteiger partial charge in [-0.05, 0) is 87.6 Å². The molecular formula is C34H40F3N7OS. The lowest BCUT2D eigenvalue weighted by Crippen LogP contribution is -2.75. The summed E-state index contributed by atoms with van der Waals surface area (Å²) in [7, 11) is 0. The smallest absolute Gasteiger partial charge is 0.389 e.